The van der Waals surface area contributed by atoms with Crippen LogP contribution in [0.25, 0.3) is 0 Å². The van der Waals surface area contributed by atoms with Crippen molar-refractivity contribution in [1.29, 1.82) is 0 Å². The van der Waals surface area contributed by atoms with E-state index in [0.29, 0.717) is 11.3 Å². The van der Waals surface area contributed by atoms with Gasteiger partial charge in [-0.15, -0.1) is 0 Å². The summed E-state index contributed by atoms with van der Waals surface area (Å²) in [6, 6.07) is 49.7. The van der Waals surface area contributed by atoms with Crippen LogP contribution < -0.4 is 4.90 Å². The van der Waals surface area contributed by atoms with E-state index in [1.807, 2.05) is 59.2 Å². The van der Waals surface area contributed by atoms with Gasteiger partial charge in [0.2, 0.25) is 5.66 Å². The minimum absolute atomic E-state index is 0.106. The summed E-state index contributed by atoms with van der Waals surface area (Å²) in [5.74, 6) is -2.46. The van der Waals surface area contributed by atoms with Gasteiger partial charge in [-0.2, -0.15) is 0 Å². The lowest BCUT2D eigenvalue weighted by molar-refractivity contribution is -0.126. The Morgan fingerprint density at radius 1 is 0.564 bits per heavy atom. The second kappa shape index (κ2) is 13.0. The van der Waals surface area contributed by atoms with Crippen molar-refractivity contribution in [3.05, 3.63) is 221 Å². The number of rotatable bonds is 7. The van der Waals surface area contributed by atoms with Gasteiger partial charge in [0.05, 0.1) is 35.1 Å². The normalized spacial score (nSPS) is 16.8. The second-order valence-electron chi connectivity index (χ2n) is 13.6. The van der Waals surface area contributed by atoms with E-state index in [4.69, 9.17) is 9.98 Å². The number of amides is 3. The van der Waals surface area contributed by atoms with E-state index in [1.54, 1.807) is 79.3 Å². The van der Waals surface area contributed by atoms with Crippen LogP contribution in [0.4, 0.5) is 15.9 Å². The van der Waals surface area contributed by atoms with E-state index in [9.17, 15) is 9.59 Å². The maximum absolute atomic E-state index is 15.8. The third-order valence-electron chi connectivity index (χ3n) is 10.5. The van der Waals surface area contributed by atoms with Crippen molar-refractivity contribution >= 4 is 34.9 Å². The molecule has 0 saturated heterocycles. The lowest BCUT2D eigenvalue weighted by Gasteiger charge is -2.37. The lowest BCUT2D eigenvalue weighted by Crippen LogP contribution is -2.58. The molecule has 9 heteroatoms. The van der Waals surface area contributed by atoms with E-state index >= 15 is 9.18 Å². The van der Waals surface area contributed by atoms with Crippen molar-refractivity contribution < 1.29 is 18.8 Å². The number of imide groups is 1. The molecule has 55 heavy (non-hydrogen) atoms. The van der Waals surface area contributed by atoms with Gasteiger partial charge < -0.3 is 4.57 Å². The molecule has 1 atom stereocenters. The molecule has 1 unspecified atom stereocenters. The fraction of sp³-hybridized carbons (Fsp3) is 0.0652. The maximum Gasteiger partial charge on any atom is 0.281 e. The summed E-state index contributed by atoms with van der Waals surface area (Å²) in [6.45, 7) is 1.43. The maximum atomic E-state index is 15.8. The Morgan fingerprint density at radius 3 is 1.55 bits per heavy atom. The van der Waals surface area contributed by atoms with Crippen LogP contribution in [-0.4, -0.2) is 43.5 Å². The van der Waals surface area contributed by atoms with Gasteiger partial charge in [0.25, 0.3) is 17.7 Å². The average Bonchev–Trinajstić information content (AvgIpc) is 3.79. The van der Waals surface area contributed by atoms with Crippen LogP contribution in [0.2, 0.25) is 0 Å². The molecular weight excluding hydrogens is 690 g/mol. The van der Waals surface area contributed by atoms with Crippen LogP contribution in [-0.2, 0) is 10.3 Å². The predicted octanol–water partition coefficient (Wildman–Crippen LogP) is 8.39. The van der Waals surface area contributed by atoms with E-state index in [0.717, 1.165) is 21.6 Å². The molecule has 3 heterocycles. The highest BCUT2D eigenvalue weighted by Gasteiger charge is 2.55. The van der Waals surface area contributed by atoms with Gasteiger partial charge in [-0.05, 0) is 53.9 Å². The van der Waals surface area contributed by atoms with Crippen molar-refractivity contribution in [2.45, 2.75) is 18.1 Å². The van der Waals surface area contributed by atoms with E-state index in [1.165, 1.54) is 17.9 Å². The number of para-hydroxylation sites is 1. The molecule has 8 nitrogen and oxygen atoms in total. The molecule has 6 aromatic carbocycles. The molecule has 0 fully saturated rings. The Morgan fingerprint density at radius 2 is 1.02 bits per heavy atom. The van der Waals surface area contributed by atoms with Gasteiger partial charge >= 0.3 is 0 Å². The number of benzene rings is 6. The summed E-state index contributed by atoms with van der Waals surface area (Å²) in [5.41, 5.74) is 0.985. The van der Waals surface area contributed by atoms with E-state index in [-0.39, 0.29) is 28.2 Å². The highest BCUT2D eigenvalue weighted by molar-refractivity contribution is 6.27. The number of hydrogen-bond acceptors (Lipinski definition) is 5. The Labute approximate surface area is 316 Å². The molecule has 0 bridgehead atoms. The molecule has 1 aromatic heterocycles. The predicted molar refractivity (Wildman–Crippen MR) is 208 cm³/mol. The quantitative estimate of drug-likeness (QED) is 0.122. The van der Waals surface area contributed by atoms with Crippen molar-refractivity contribution in [3.63, 3.8) is 0 Å². The van der Waals surface area contributed by atoms with Crippen molar-refractivity contribution in [3.8, 4) is 0 Å². The fourth-order valence-corrected chi connectivity index (χ4v) is 7.93. The molecule has 3 amide bonds. The molecule has 7 aromatic rings. The number of carbonyl (C=O) groups is 3. The first-order chi connectivity index (χ1) is 26.8. The van der Waals surface area contributed by atoms with Gasteiger partial charge in [-0.1, -0.05) is 133 Å². The number of anilines is 2. The zero-order chi connectivity index (χ0) is 37.7. The zero-order valence-electron chi connectivity index (χ0n) is 29.6. The topological polar surface area (TPSA) is 87.9 Å². The minimum atomic E-state index is -2.18. The molecule has 0 spiro atoms. The van der Waals surface area contributed by atoms with Gasteiger partial charge in [0, 0.05) is 11.1 Å². The first kappa shape index (κ1) is 33.6. The van der Waals surface area contributed by atoms with Gasteiger partial charge in [0.1, 0.15) is 11.4 Å². The largest absolute Gasteiger partial charge is 0.317 e. The zero-order valence-corrected chi connectivity index (χ0v) is 29.6. The van der Waals surface area contributed by atoms with Crippen molar-refractivity contribution in [2.24, 2.45) is 4.99 Å². The summed E-state index contributed by atoms with van der Waals surface area (Å²) in [4.78, 5) is 56.0. The summed E-state index contributed by atoms with van der Waals surface area (Å²) in [6.07, 6.45) is 3.47. The van der Waals surface area contributed by atoms with Crippen LogP contribution in [0.3, 0.4) is 0 Å². The van der Waals surface area contributed by atoms with E-state index < -0.39 is 34.7 Å². The Kier molecular flexibility index (Phi) is 7.93. The third kappa shape index (κ3) is 5.08. The highest BCUT2D eigenvalue weighted by atomic mass is 19.1. The lowest BCUT2D eigenvalue weighted by atomic mass is 9.77. The van der Waals surface area contributed by atoms with E-state index in [2.05, 4.69) is 36.4 Å². The van der Waals surface area contributed by atoms with Gasteiger partial charge in [-0.25, -0.2) is 19.3 Å². The number of fused-ring (bicyclic) bond motifs is 2. The second-order valence-corrected chi connectivity index (χ2v) is 13.6. The molecule has 0 radical (unpaired) electrons. The number of aliphatic imine (C=N–C) groups is 1. The Hall–Kier alpha value is -7.26. The molecule has 266 valence electrons. The molecule has 0 aliphatic carbocycles. The average molecular weight is 722 g/mol. The molecule has 9 rings (SSSR count). The van der Waals surface area contributed by atoms with Crippen LogP contribution in [0, 0.1) is 5.82 Å². The number of nitrogens with zero attached hydrogens (tertiary/aromatic N) is 5. The summed E-state index contributed by atoms with van der Waals surface area (Å²) in [5, 5.41) is 0. The Balaban J connectivity index is 1.30. The molecule has 2 aliphatic rings. The molecular formula is C46H32FN5O3. The number of halogens is 1. The van der Waals surface area contributed by atoms with Gasteiger partial charge in [0.15, 0.2) is 5.82 Å². The number of aromatic nitrogens is 2. The standard InChI is InChI=1S/C46H32FN5O3/c1-45(52-42(53)34-23-11-12-24-35(34)43(52)54)44(55)51(39-28-16-14-26-37(39)41(49-45)36-25-13-15-27-38(36)47)40-29-50(30-48-40)46(31-17-5-2-6-18-31,32-19-7-3-8-20-32)33-21-9-4-10-22-33/h2-30H,1H3. The SMILES string of the molecule is CC1(N2C(=O)c3ccccc3C2=O)N=C(c2ccccc2F)c2ccccc2N(c2cn(C(c3ccccc3)(c3ccccc3)c3ccccc3)cn2)C1=O. The van der Waals surface area contributed by atoms with Crippen LogP contribution in [0.1, 0.15) is 55.5 Å². The first-order valence-corrected chi connectivity index (χ1v) is 17.8. The molecule has 0 saturated carbocycles. The molecule has 2 aliphatic heterocycles. The Bertz CT molecular complexity index is 2530. The van der Waals surface area contributed by atoms with Crippen molar-refractivity contribution in [1.82, 2.24) is 14.5 Å². The number of carbonyl (C=O) groups excluding carboxylic acids is 3. The van der Waals surface area contributed by atoms with Crippen molar-refractivity contribution in [2.75, 3.05) is 4.90 Å². The third-order valence-corrected chi connectivity index (χ3v) is 10.5. The summed E-state index contributed by atoms with van der Waals surface area (Å²) < 4.78 is 17.8. The summed E-state index contributed by atoms with van der Waals surface area (Å²) in [7, 11) is 0. The van der Waals surface area contributed by atoms with Crippen LogP contribution >= 0.6 is 0 Å². The first-order valence-electron chi connectivity index (χ1n) is 17.8. The smallest absolute Gasteiger partial charge is 0.281 e. The highest BCUT2D eigenvalue weighted by Crippen LogP contribution is 2.44. The number of hydrogen-bond donors (Lipinski definition) is 0. The van der Waals surface area contributed by atoms with Crippen LogP contribution in [0.5, 0.6) is 0 Å². The monoisotopic (exact) mass is 721 g/mol. The minimum Gasteiger partial charge on any atom is -0.317 e. The van der Waals surface area contributed by atoms with Crippen LogP contribution in [0.15, 0.2) is 181 Å². The number of benzodiazepines with no additional fused rings is 1. The van der Waals surface area contributed by atoms with Gasteiger partial charge in [-0.3, -0.25) is 19.3 Å². The number of imidazole rings is 1. The fourth-order valence-electron chi connectivity index (χ4n) is 7.93. The summed E-state index contributed by atoms with van der Waals surface area (Å²) >= 11 is 0. The molecule has 0 N–H and O–H groups in total.